The minimum atomic E-state index is -0.612. The molecule has 0 bridgehead atoms. The molecule has 5 nitrogen and oxygen atoms in total. The first-order chi connectivity index (χ1) is 13.6. The van der Waals surface area contributed by atoms with Crippen LogP contribution in [0.4, 0.5) is 0 Å². The van der Waals surface area contributed by atoms with Crippen molar-refractivity contribution in [2.75, 3.05) is 13.2 Å². The van der Waals surface area contributed by atoms with Crippen molar-refractivity contribution in [2.45, 2.75) is 19.8 Å². The number of rotatable bonds is 7. The Hall–Kier alpha value is -2.92. The molecule has 0 radical (unpaired) electrons. The highest BCUT2D eigenvalue weighted by atomic mass is 35.5. The number of fused-ring (bicyclic) bond motifs is 1. The Labute approximate surface area is 168 Å². The Bertz CT molecular complexity index is 1000. The molecule has 0 aliphatic heterocycles. The van der Waals surface area contributed by atoms with Crippen LogP contribution in [-0.2, 0) is 14.3 Å². The highest BCUT2D eigenvalue weighted by molar-refractivity contribution is 6.33. The second-order valence-corrected chi connectivity index (χ2v) is 6.61. The van der Waals surface area contributed by atoms with Crippen LogP contribution in [0.15, 0.2) is 54.6 Å². The summed E-state index contributed by atoms with van der Waals surface area (Å²) in [5.74, 6) is -1.18. The highest BCUT2D eigenvalue weighted by Gasteiger charge is 2.17. The van der Waals surface area contributed by atoms with Crippen molar-refractivity contribution < 1.29 is 19.1 Å². The topological polar surface area (TPSA) is 65.5 Å². The number of nitrogens with zero attached hydrogens (tertiary/aromatic N) is 1. The van der Waals surface area contributed by atoms with Gasteiger partial charge in [-0.25, -0.2) is 14.6 Å². The van der Waals surface area contributed by atoms with Crippen LogP contribution in [0.25, 0.3) is 22.2 Å². The Morgan fingerprint density at radius 3 is 2.57 bits per heavy atom. The number of hydrogen-bond acceptors (Lipinski definition) is 5. The van der Waals surface area contributed by atoms with Gasteiger partial charge in [0.2, 0.25) is 0 Å². The molecule has 3 rings (SSSR count). The predicted molar refractivity (Wildman–Crippen MR) is 108 cm³/mol. The second kappa shape index (κ2) is 9.33. The summed E-state index contributed by atoms with van der Waals surface area (Å²) in [6, 6.07) is 16.2. The van der Waals surface area contributed by atoms with E-state index in [0.29, 0.717) is 39.4 Å². The van der Waals surface area contributed by atoms with Gasteiger partial charge in [-0.15, -0.1) is 0 Å². The van der Waals surface area contributed by atoms with Crippen LogP contribution < -0.4 is 0 Å². The van der Waals surface area contributed by atoms with Crippen molar-refractivity contribution in [2.24, 2.45) is 0 Å². The Balaban J connectivity index is 1.88. The molecule has 0 aliphatic carbocycles. The number of esters is 2. The molecule has 0 amide bonds. The number of ether oxygens (including phenoxy) is 2. The van der Waals surface area contributed by atoms with E-state index >= 15 is 0 Å². The van der Waals surface area contributed by atoms with E-state index in [1.54, 1.807) is 18.2 Å². The summed E-state index contributed by atoms with van der Waals surface area (Å²) in [6.45, 7) is 1.89. The van der Waals surface area contributed by atoms with Gasteiger partial charge in [0.1, 0.15) is 0 Å². The van der Waals surface area contributed by atoms with Crippen molar-refractivity contribution in [1.29, 1.82) is 0 Å². The fourth-order valence-corrected chi connectivity index (χ4v) is 2.96. The molecule has 0 aliphatic rings. The molecular weight excluding hydrogens is 378 g/mol. The molecule has 28 heavy (non-hydrogen) atoms. The number of unbranched alkanes of at least 4 members (excludes halogenated alkanes) is 1. The van der Waals surface area contributed by atoms with Gasteiger partial charge in [-0.1, -0.05) is 61.3 Å². The minimum Gasteiger partial charge on any atom is -0.463 e. The van der Waals surface area contributed by atoms with E-state index in [1.165, 1.54) is 0 Å². The molecule has 0 unspecified atom stereocenters. The number of aromatic nitrogens is 1. The van der Waals surface area contributed by atoms with Crippen LogP contribution >= 0.6 is 11.6 Å². The number of pyridine rings is 1. The van der Waals surface area contributed by atoms with Crippen molar-refractivity contribution in [3.8, 4) is 11.3 Å². The number of carbonyl (C=O) groups is 2. The normalized spacial score (nSPS) is 10.6. The number of hydrogen-bond donors (Lipinski definition) is 0. The molecule has 1 heterocycles. The zero-order valence-corrected chi connectivity index (χ0v) is 16.2. The standard InChI is InChI=1S/C22H20ClNO4/c1-2-3-12-27-21(25)14-28-22(26)17-13-20(16-9-4-6-10-18(16)23)24-19-11-7-5-8-15(17)19/h4-11,13H,2-3,12,14H2,1H3. The van der Waals surface area contributed by atoms with Crippen LogP contribution in [-0.4, -0.2) is 30.1 Å². The minimum absolute atomic E-state index is 0.321. The summed E-state index contributed by atoms with van der Waals surface area (Å²) < 4.78 is 10.2. The van der Waals surface area contributed by atoms with Gasteiger partial charge in [-0.3, -0.25) is 0 Å². The fourth-order valence-electron chi connectivity index (χ4n) is 2.73. The molecule has 3 aromatic rings. The summed E-state index contributed by atoms with van der Waals surface area (Å²) >= 11 is 6.29. The van der Waals surface area contributed by atoms with Gasteiger partial charge in [0.15, 0.2) is 6.61 Å². The number of halogens is 1. The lowest BCUT2D eigenvalue weighted by atomic mass is 10.0. The lowest BCUT2D eigenvalue weighted by molar-refractivity contribution is -0.147. The molecule has 0 N–H and O–H groups in total. The van der Waals surface area contributed by atoms with Gasteiger partial charge in [0.05, 0.1) is 23.4 Å². The summed E-state index contributed by atoms with van der Waals surface area (Å²) in [7, 11) is 0. The summed E-state index contributed by atoms with van der Waals surface area (Å²) in [5.41, 5.74) is 2.23. The maximum atomic E-state index is 12.7. The van der Waals surface area contributed by atoms with Crippen molar-refractivity contribution in [1.82, 2.24) is 4.98 Å². The van der Waals surface area contributed by atoms with E-state index in [4.69, 9.17) is 21.1 Å². The summed E-state index contributed by atoms with van der Waals surface area (Å²) in [4.78, 5) is 29.0. The van der Waals surface area contributed by atoms with Crippen LogP contribution in [0.2, 0.25) is 5.02 Å². The first kappa shape index (κ1) is 19.8. The van der Waals surface area contributed by atoms with Gasteiger partial charge in [0.25, 0.3) is 0 Å². The van der Waals surface area contributed by atoms with Crippen molar-refractivity contribution in [3.63, 3.8) is 0 Å². The number of para-hydroxylation sites is 1. The quantitative estimate of drug-likeness (QED) is 0.412. The zero-order chi connectivity index (χ0) is 19.9. The lowest BCUT2D eigenvalue weighted by Crippen LogP contribution is -2.17. The highest BCUT2D eigenvalue weighted by Crippen LogP contribution is 2.30. The Kier molecular flexibility index (Phi) is 6.61. The van der Waals surface area contributed by atoms with E-state index in [0.717, 1.165) is 12.8 Å². The van der Waals surface area contributed by atoms with Crippen LogP contribution in [0.1, 0.15) is 30.1 Å². The first-order valence-electron chi connectivity index (χ1n) is 9.07. The molecule has 0 spiro atoms. The van der Waals surface area contributed by atoms with Crippen LogP contribution in [0.5, 0.6) is 0 Å². The largest absolute Gasteiger partial charge is 0.463 e. The maximum Gasteiger partial charge on any atom is 0.344 e. The molecular formula is C22H20ClNO4. The molecule has 2 aromatic carbocycles. The first-order valence-corrected chi connectivity index (χ1v) is 9.45. The Morgan fingerprint density at radius 1 is 1.04 bits per heavy atom. The van der Waals surface area contributed by atoms with E-state index in [1.807, 2.05) is 43.3 Å². The SMILES string of the molecule is CCCCOC(=O)COC(=O)c1cc(-c2ccccc2Cl)nc2ccccc12. The molecule has 0 atom stereocenters. The molecule has 144 valence electrons. The molecule has 1 aromatic heterocycles. The smallest absolute Gasteiger partial charge is 0.344 e. The average molecular weight is 398 g/mol. The number of carbonyl (C=O) groups excluding carboxylic acids is 2. The summed E-state index contributed by atoms with van der Waals surface area (Å²) in [5, 5.41) is 1.17. The van der Waals surface area contributed by atoms with E-state index < -0.39 is 18.5 Å². The van der Waals surface area contributed by atoms with Crippen molar-refractivity contribution in [3.05, 3.63) is 65.2 Å². The third-order valence-electron chi connectivity index (χ3n) is 4.17. The third kappa shape index (κ3) is 4.67. The van der Waals surface area contributed by atoms with Gasteiger partial charge in [0, 0.05) is 16.0 Å². The average Bonchev–Trinajstić information content (AvgIpc) is 2.71. The maximum absolute atomic E-state index is 12.7. The zero-order valence-electron chi connectivity index (χ0n) is 15.5. The predicted octanol–water partition coefficient (Wildman–Crippen LogP) is 5.06. The molecule has 0 saturated carbocycles. The van der Waals surface area contributed by atoms with Gasteiger partial charge < -0.3 is 9.47 Å². The Morgan fingerprint density at radius 2 is 1.79 bits per heavy atom. The molecule has 0 fully saturated rings. The van der Waals surface area contributed by atoms with Crippen LogP contribution in [0.3, 0.4) is 0 Å². The van der Waals surface area contributed by atoms with Gasteiger partial charge in [-0.2, -0.15) is 0 Å². The number of benzene rings is 2. The van der Waals surface area contributed by atoms with E-state index in [-0.39, 0.29) is 0 Å². The monoisotopic (exact) mass is 397 g/mol. The van der Waals surface area contributed by atoms with E-state index in [9.17, 15) is 9.59 Å². The lowest BCUT2D eigenvalue weighted by Gasteiger charge is -2.11. The van der Waals surface area contributed by atoms with E-state index in [2.05, 4.69) is 4.98 Å². The van der Waals surface area contributed by atoms with Gasteiger partial charge >= 0.3 is 11.9 Å². The van der Waals surface area contributed by atoms with Crippen LogP contribution in [0, 0.1) is 0 Å². The van der Waals surface area contributed by atoms with Gasteiger partial charge in [-0.05, 0) is 24.6 Å². The second-order valence-electron chi connectivity index (χ2n) is 6.20. The third-order valence-corrected chi connectivity index (χ3v) is 4.50. The fraction of sp³-hybridized carbons (Fsp3) is 0.227. The molecule has 0 saturated heterocycles. The summed E-state index contributed by atoms with van der Waals surface area (Å²) in [6.07, 6.45) is 1.69. The molecule has 6 heteroatoms. The van der Waals surface area contributed by atoms with Crippen molar-refractivity contribution >= 4 is 34.4 Å².